The Morgan fingerprint density at radius 2 is 1.80 bits per heavy atom. The first-order valence-electron chi connectivity index (χ1n) is 12.2. The van der Waals surface area contributed by atoms with Crippen molar-refractivity contribution in [1.82, 2.24) is 5.32 Å². The maximum absolute atomic E-state index is 13.3. The van der Waals surface area contributed by atoms with Crippen LogP contribution < -0.4 is 19.7 Å². The van der Waals surface area contributed by atoms with Crippen molar-refractivity contribution in [2.75, 3.05) is 11.5 Å². The molecule has 0 radical (unpaired) electrons. The molecule has 204 valence electrons. The number of carboxylic acid groups (broad SMARTS) is 1. The maximum Gasteiger partial charge on any atom is 0.335 e. The molecule has 1 heterocycles. The molecular formula is C30H25ClN2O7. The van der Waals surface area contributed by atoms with Gasteiger partial charge in [-0.05, 0) is 66.9 Å². The number of benzene rings is 3. The van der Waals surface area contributed by atoms with Crippen LogP contribution in [0.25, 0.3) is 6.08 Å². The molecule has 1 aliphatic heterocycles. The highest BCUT2D eigenvalue weighted by Gasteiger charge is 2.37. The summed E-state index contributed by atoms with van der Waals surface area (Å²) in [5.74, 6) is -1.87. The molecule has 9 nitrogen and oxygen atoms in total. The van der Waals surface area contributed by atoms with Gasteiger partial charge in [-0.1, -0.05) is 41.9 Å². The summed E-state index contributed by atoms with van der Waals surface area (Å²) in [6.07, 6.45) is 3.43. The summed E-state index contributed by atoms with van der Waals surface area (Å²) in [4.78, 5) is 50.5. The third-order valence-corrected chi connectivity index (χ3v) is 6.23. The molecule has 10 heteroatoms. The third-order valence-electron chi connectivity index (χ3n) is 5.91. The molecule has 0 unspecified atom stereocenters. The van der Waals surface area contributed by atoms with Gasteiger partial charge in [0.2, 0.25) is 0 Å². The fraction of sp³-hybridized carbons (Fsp3) is 0.133. The molecule has 4 amide bonds. The fourth-order valence-electron chi connectivity index (χ4n) is 4.08. The Balaban J connectivity index is 1.70. The zero-order valence-electron chi connectivity index (χ0n) is 21.5. The fourth-order valence-corrected chi connectivity index (χ4v) is 4.30. The molecule has 4 rings (SSSR count). The summed E-state index contributed by atoms with van der Waals surface area (Å²) < 4.78 is 11.9. The van der Waals surface area contributed by atoms with Gasteiger partial charge in [-0.2, -0.15) is 0 Å². The van der Waals surface area contributed by atoms with E-state index in [2.05, 4.69) is 11.9 Å². The molecule has 0 aliphatic carbocycles. The highest BCUT2D eigenvalue weighted by Crippen LogP contribution is 2.36. The summed E-state index contributed by atoms with van der Waals surface area (Å²) >= 11 is 6.21. The second-order valence-electron chi connectivity index (χ2n) is 8.63. The Labute approximate surface area is 235 Å². The van der Waals surface area contributed by atoms with Crippen LogP contribution >= 0.6 is 11.6 Å². The number of carbonyl (C=O) groups excluding carboxylic acids is 3. The second-order valence-corrected chi connectivity index (χ2v) is 9.04. The second kappa shape index (κ2) is 12.3. The monoisotopic (exact) mass is 560 g/mol. The van der Waals surface area contributed by atoms with E-state index in [9.17, 15) is 19.2 Å². The Morgan fingerprint density at radius 3 is 2.45 bits per heavy atom. The quantitative estimate of drug-likeness (QED) is 0.193. The van der Waals surface area contributed by atoms with Crippen LogP contribution in [0.15, 0.2) is 78.9 Å². The maximum atomic E-state index is 13.3. The molecule has 0 bridgehead atoms. The minimum Gasteiger partial charge on any atom is -0.490 e. The number of imide groups is 2. The Hall–Kier alpha value is -4.89. The number of nitrogens with zero attached hydrogens (tertiary/aromatic N) is 1. The van der Waals surface area contributed by atoms with Crippen LogP contribution in [0.5, 0.6) is 11.5 Å². The van der Waals surface area contributed by atoms with E-state index in [4.69, 9.17) is 26.2 Å². The number of para-hydroxylation sites is 1. The van der Waals surface area contributed by atoms with Gasteiger partial charge in [0.25, 0.3) is 11.8 Å². The number of rotatable bonds is 10. The van der Waals surface area contributed by atoms with Crippen molar-refractivity contribution in [3.8, 4) is 11.5 Å². The standard InChI is InChI=1S/C30H25ClN2O7/c1-3-7-21-14-19(15-22-27(34)32-30(38)33(28(22)35)24-9-6-5-8-23(24)31)16-25(39-4-2)26(21)40-17-18-10-12-20(13-11-18)29(36)37/h3,5-6,8-16H,1,4,7,17H2,2H3,(H,36,37)(H,32,34,38)/b22-15+. The van der Waals surface area contributed by atoms with Crippen molar-refractivity contribution in [2.45, 2.75) is 20.0 Å². The first-order valence-corrected chi connectivity index (χ1v) is 12.6. The molecule has 40 heavy (non-hydrogen) atoms. The lowest BCUT2D eigenvalue weighted by atomic mass is 10.0. The van der Waals surface area contributed by atoms with Gasteiger partial charge in [-0.25, -0.2) is 14.5 Å². The summed E-state index contributed by atoms with van der Waals surface area (Å²) in [5, 5.41) is 11.5. The van der Waals surface area contributed by atoms with Gasteiger partial charge in [0.15, 0.2) is 11.5 Å². The average molecular weight is 561 g/mol. The summed E-state index contributed by atoms with van der Waals surface area (Å²) in [6.45, 7) is 6.06. The smallest absolute Gasteiger partial charge is 0.335 e. The van der Waals surface area contributed by atoms with Crippen molar-refractivity contribution in [3.63, 3.8) is 0 Å². The van der Waals surface area contributed by atoms with E-state index in [0.29, 0.717) is 35.7 Å². The lowest BCUT2D eigenvalue weighted by molar-refractivity contribution is -0.122. The van der Waals surface area contributed by atoms with Gasteiger partial charge < -0.3 is 14.6 Å². The number of anilines is 1. The molecule has 2 N–H and O–H groups in total. The van der Waals surface area contributed by atoms with E-state index in [-0.39, 0.29) is 28.5 Å². The number of hydrogen-bond acceptors (Lipinski definition) is 6. The van der Waals surface area contributed by atoms with E-state index in [1.807, 2.05) is 0 Å². The molecule has 0 spiro atoms. The predicted molar refractivity (Wildman–Crippen MR) is 150 cm³/mol. The van der Waals surface area contributed by atoms with E-state index in [0.717, 1.165) is 10.5 Å². The zero-order chi connectivity index (χ0) is 28.8. The highest BCUT2D eigenvalue weighted by atomic mass is 35.5. The summed E-state index contributed by atoms with van der Waals surface area (Å²) in [7, 11) is 0. The molecule has 1 saturated heterocycles. The number of nitrogens with one attached hydrogen (secondary N) is 1. The van der Waals surface area contributed by atoms with Crippen molar-refractivity contribution >= 4 is 47.2 Å². The topological polar surface area (TPSA) is 122 Å². The number of hydrogen-bond donors (Lipinski definition) is 2. The molecule has 0 saturated carbocycles. The third kappa shape index (κ3) is 6.05. The highest BCUT2D eigenvalue weighted by molar-refractivity contribution is 6.42. The van der Waals surface area contributed by atoms with Crippen LogP contribution in [0.2, 0.25) is 5.02 Å². The van der Waals surface area contributed by atoms with Crippen molar-refractivity contribution in [2.24, 2.45) is 0 Å². The van der Waals surface area contributed by atoms with Crippen LogP contribution in [-0.2, 0) is 22.6 Å². The number of ether oxygens (including phenoxy) is 2. The first-order chi connectivity index (χ1) is 19.2. The molecule has 1 aliphatic rings. The Kier molecular flexibility index (Phi) is 8.66. The zero-order valence-corrected chi connectivity index (χ0v) is 22.2. The van der Waals surface area contributed by atoms with Gasteiger partial charge in [-0.15, -0.1) is 6.58 Å². The Morgan fingerprint density at radius 1 is 1.07 bits per heavy atom. The number of halogens is 1. The molecular weight excluding hydrogens is 536 g/mol. The molecule has 0 aromatic heterocycles. The largest absolute Gasteiger partial charge is 0.490 e. The SMILES string of the molecule is C=CCc1cc(/C=C2\C(=O)NC(=O)N(c3ccccc3Cl)C2=O)cc(OCC)c1OCc1ccc(C(=O)O)cc1. The van der Waals surface area contributed by atoms with Crippen molar-refractivity contribution in [1.29, 1.82) is 0 Å². The van der Waals surface area contributed by atoms with Crippen molar-refractivity contribution in [3.05, 3.63) is 106 Å². The number of carboxylic acids is 1. The van der Waals surface area contributed by atoms with E-state index in [1.165, 1.54) is 30.3 Å². The van der Waals surface area contributed by atoms with Crippen molar-refractivity contribution < 1.29 is 33.8 Å². The number of aromatic carboxylic acids is 1. The molecule has 3 aromatic rings. The van der Waals surface area contributed by atoms with Gasteiger partial charge in [0, 0.05) is 5.56 Å². The first kappa shape index (κ1) is 28.1. The minimum absolute atomic E-state index is 0.139. The molecule has 0 atom stereocenters. The van der Waals surface area contributed by atoms with Crippen LogP contribution in [0.1, 0.15) is 34.0 Å². The van der Waals surface area contributed by atoms with Gasteiger partial charge in [-0.3, -0.25) is 14.9 Å². The van der Waals surface area contributed by atoms with Gasteiger partial charge >= 0.3 is 12.0 Å². The number of urea groups is 1. The van der Waals surface area contributed by atoms with Crippen LogP contribution in [-0.4, -0.2) is 35.5 Å². The average Bonchev–Trinajstić information content (AvgIpc) is 2.92. The summed E-state index contributed by atoms with van der Waals surface area (Å²) in [6, 6.07) is 15.1. The van der Waals surface area contributed by atoms with Crippen LogP contribution in [0, 0.1) is 0 Å². The minimum atomic E-state index is -1.02. The number of amides is 4. The Bertz CT molecular complexity index is 1530. The normalized spacial score (nSPS) is 14.2. The number of barbiturate groups is 1. The summed E-state index contributed by atoms with van der Waals surface area (Å²) in [5.41, 5.74) is 1.94. The molecule has 1 fully saturated rings. The van der Waals surface area contributed by atoms with E-state index >= 15 is 0 Å². The van der Waals surface area contributed by atoms with Crippen LogP contribution in [0.3, 0.4) is 0 Å². The number of allylic oxidation sites excluding steroid dienone is 1. The van der Waals surface area contributed by atoms with Crippen LogP contribution in [0.4, 0.5) is 10.5 Å². The predicted octanol–water partition coefficient (Wildman–Crippen LogP) is 5.41. The van der Waals surface area contributed by atoms with E-state index < -0.39 is 23.8 Å². The lowest BCUT2D eigenvalue weighted by Crippen LogP contribution is -2.54. The van der Waals surface area contributed by atoms with Gasteiger partial charge in [0.1, 0.15) is 12.2 Å². The molecule has 3 aromatic carbocycles. The number of carbonyl (C=O) groups is 4. The van der Waals surface area contributed by atoms with Gasteiger partial charge in [0.05, 0.1) is 22.9 Å². The van der Waals surface area contributed by atoms with E-state index in [1.54, 1.807) is 49.4 Å². The lowest BCUT2D eigenvalue weighted by Gasteiger charge is -2.27.